The zero-order valence-electron chi connectivity index (χ0n) is 17.2. The summed E-state index contributed by atoms with van der Waals surface area (Å²) in [5.74, 6) is 1.47. The van der Waals surface area contributed by atoms with E-state index in [0.29, 0.717) is 0 Å². The fourth-order valence-electron chi connectivity index (χ4n) is 5.95. The summed E-state index contributed by atoms with van der Waals surface area (Å²) in [7, 11) is -0.184. The first kappa shape index (κ1) is 19.1. The molecule has 29 heavy (non-hydrogen) atoms. The second kappa shape index (κ2) is 8.85. The van der Waals surface area contributed by atoms with Gasteiger partial charge in [-0.3, -0.25) is 0 Å². The Labute approximate surface area is 177 Å². The fourth-order valence-corrected chi connectivity index (χ4v) is 10.1. The van der Waals surface area contributed by atoms with Crippen LogP contribution in [0.4, 0.5) is 0 Å². The molecular formula is C28H31P. The van der Waals surface area contributed by atoms with Crippen molar-refractivity contribution in [1.29, 1.82) is 0 Å². The molecule has 2 unspecified atom stereocenters. The quantitative estimate of drug-likeness (QED) is 0.391. The van der Waals surface area contributed by atoms with Crippen LogP contribution in [0.2, 0.25) is 0 Å². The minimum absolute atomic E-state index is 0.184. The molecule has 0 bridgehead atoms. The molecule has 0 N–H and O–H groups in total. The second-order valence-corrected chi connectivity index (χ2v) is 11.4. The van der Waals surface area contributed by atoms with Gasteiger partial charge in [0.05, 0.1) is 0 Å². The van der Waals surface area contributed by atoms with E-state index in [-0.39, 0.29) is 7.92 Å². The van der Waals surface area contributed by atoms with Crippen LogP contribution >= 0.6 is 7.92 Å². The molecular weight excluding hydrogens is 367 g/mol. The van der Waals surface area contributed by atoms with Crippen LogP contribution in [0.3, 0.4) is 0 Å². The molecule has 0 saturated heterocycles. The summed E-state index contributed by atoms with van der Waals surface area (Å²) >= 11 is 0. The van der Waals surface area contributed by atoms with Crippen molar-refractivity contribution in [3.8, 4) is 0 Å². The van der Waals surface area contributed by atoms with Crippen molar-refractivity contribution in [3.05, 3.63) is 102 Å². The molecule has 5 rings (SSSR count). The Morgan fingerprint density at radius 1 is 0.483 bits per heavy atom. The number of hydrogen-bond acceptors (Lipinski definition) is 0. The molecule has 1 heteroatoms. The highest BCUT2D eigenvalue weighted by atomic mass is 31.1. The largest absolute Gasteiger partial charge is 0.0677 e. The summed E-state index contributed by atoms with van der Waals surface area (Å²) in [4.78, 5) is 0. The SMILES string of the molecule is c1ccc(C2CCC[C@@H]2P(c2ccccc2)[C@H]2CCCC2c2ccccc2)cc1. The van der Waals surface area contributed by atoms with Crippen LogP contribution in [0.15, 0.2) is 91.0 Å². The van der Waals surface area contributed by atoms with Crippen LogP contribution < -0.4 is 5.30 Å². The molecule has 0 spiro atoms. The Morgan fingerprint density at radius 2 is 0.897 bits per heavy atom. The first-order valence-electron chi connectivity index (χ1n) is 11.3. The molecule has 0 aliphatic heterocycles. The number of benzene rings is 3. The first-order chi connectivity index (χ1) is 14.4. The highest BCUT2D eigenvalue weighted by Gasteiger charge is 2.43. The smallest absolute Gasteiger partial charge is 0.00911 e. The molecule has 2 saturated carbocycles. The molecule has 2 aliphatic carbocycles. The monoisotopic (exact) mass is 398 g/mol. The lowest BCUT2D eigenvalue weighted by Gasteiger charge is -2.37. The van der Waals surface area contributed by atoms with Crippen LogP contribution in [0.1, 0.15) is 61.5 Å². The van der Waals surface area contributed by atoms with Crippen molar-refractivity contribution in [3.63, 3.8) is 0 Å². The molecule has 3 aromatic rings. The lowest BCUT2D eigenvalue weighted by molar-refractivity contribution is 0.697. The molecule has 0 heterocycles. The maximum atomic E-state index is 2.44. The Hall–Kier alpha value is -1.91. The van der Waals surface area contributed by atoms with Gasteiger partial charge in [-0.1, -0.05) is 112 Å². The lowest BCUT2D eigenvalue weighted by atomic mass is 9.97. The van der Waals surface area contributed by atoms with E-state index in [2.05, 4.69) is 91.0 Å². The van der Waals surface area contributed by atoms with Crippen molar-refractivity contribution >= 4 is 13.2 Å². The van der Waals surface area contributed by atoms with Crippen molar-refractivity contribution in [2.45, 2.75) is 61.7 Å². The van der Waals surface area contributed by atoms with E-state index in [1.165, 1.54) is 38.5 Å². The van der Waals surface area contributed by atoms with Crippen molar-refractivity contribution in [2.75, 3.05) is 0 Å². The predicted molar refractivity (Wildman–Crippen MR) is 127 cm³/mol. The predicted octanol–water partition coefficient (Wildman–Crippen LogP) is 7.47. The van der Waals surface area contributed by atoms with E-state index in [1.807, 2.05) is 0 Å². The molecule has 0 aromatic heterocycles. The van der Waals surface area contributed by atoms with Gasteiger partial charge in [-0.05, 0) is 65.3 Å². The summed E-state index contributed by atoms with van der Waals surface area (Å²) in [6, 6.07) is 34.4. The second-order valence-electron chi connectivity index (χ2n) is 8.77. The van der Waals surface area contributed by atoms with Gasteiger partial charge in [0.2, 0.25) is 0 Å². The third-order valence-corrected chi connectivity index (χ3v) is 10.7. The molecule has 0 radical (unpaired) electrons. The van der Waals surface area contributed by atoms with Crippen LogP contribution in [0.5, 0.6) is 0 Å². The van der Waals surface area contributed by atoms with Crippen LogP contribution in [0.25, 0.3) is 0 Å². The summed E-state index contributed by atoms with van der Waals surface area (Å²) in [6.07, 6.45) is 8.31. The van der Waals surface area contributed by atoms with Gasteiger partial charge in [-0.2, -0.15) is 0 Å². The Balaban J connectivity index is 1.54. The van der Waals surface area contributed by atoms with Gasteiger partial charge in [-0.15, -0.1) is 0 Å². The van der Waals surface area contributed by atoms with Crippen molar-refractivity contribution in [2.24, 2.45) is 0 Å². The zero-order chi connectivity index (χ0) is 19.5. The Kier molecular flexibility index (Phi) is 5.82. The van der Waals surface area contributed by atoms with Gasteiger partial charge >= 0.3 is 0 Å². The van der Waals surface area contributed by atoms with Gasteiger partial charge in [-0.25, -0.2) is 0 Å². The third kappa shape index (κ3) is 3.93. The molecule has 2 aliphatic rings. The van der Waals surface area contributed by atoms with Crippen LogP contribution in [0, 0.1) is 0 Å². The highest BCUT2D eigenvalue weighted by Crippen LogP contribution is 2.62. The van der Waals surface area contributed by atoms with E-state index in [1.54, 1.807) is 16.4 Å². The lowest BCUT2D eigenvalue weighted by Crippen LogP contribution is -2.26. The van der Waals surface area contributed by atoms with Gasteiger partial charge in [0.1, 0.15) is 0 Å². The summed E-state index contributed by atoms with van der Waals surface area (Å²) in [6.45, 7) is 0. The minimum atomic E-state index is -0.184. The number of hydrogen-bond donors (Lipinski definition) is 0. The van der Waals surface area contributed by atoms with Gasteiger partial charge in [0.25, 0.3) is 0 Å². The Bertz CT molecular complexity index is 832. The average molecular weight is 399 g/mol. The van der Waals surface area contributed by atoms with E-state index >= 15 is 0 Å². The minimum Gasteiger partial charge on any atom is -0.0677 e. The van der Waals surface area contributed by atoms with Gasteiger partial charge in [0.15, 0.2) is 0 Å². The number of rotatable bonds is 5. The molecule has 0 nitrogen and oxygen atoms in total. The zero-order valence-corrected chi connectivity index (χ0v) is 18.1. The average Bonchev–Trinajstić information content (AvgIpc) is 3.47. The van der Waals surface area contributed by atoms with E-state index < -0.39 is 0 Å². The van der Waals surface area contributed by atoms with E-state index in [4.69, 9.17) is 0 Å². The summed E-state index contributed by atoms with van der Waals surface area (Å²) < 4.78 is 0. The van der Waals surface area contributed by atoms with Crippen LogP contribution in [-0.4, -0.2) is 11.3 Å². The molecule has 2 fully saturated rings. The van der Waals surface area contributed by atoms with E-state index in [9.17, 15) is 0 Å². The Morgan fingerprint density at radius 3 is 1.34 bits per heavy atom. The normalized spacial score (nSPS) is 27.7. The first-order valence-corrected chi connectivity index (χ1v) is 12.8. The van der Waals surface area contributed by atoms with Gasteiger partial charge < -0.3 is 0 Å². The van der Waals surface area contributed by atoms with Gasteiger partial charge in [0, 0.05) is 0 Å². The third-order valence-electron chi connectivity index (χ3n) is 7.18. The standard InChI is InChI=1S/C28H31P/c1-4-12-22(13-5-1)25-18-10-20-27(25)29(24-16-8-3-9-17-24)28-21-11-19-26(28)23-14-6-2-7-15-23/h1-9,12-17,25-28H,10-11,18-21H2/t25?,26?,27-,28-,29?/m0/s1. The van der Waals surface area contributed by atoms with E-state index in [0.717, 1.165) is 23.2 Å². The maximum Gasteiger partial charge on any atom is -0.00911 e. The molecule has 0 amide bonds. The van der Waals surface area contributed by atoms with Crippen LogP contribution in [-0.2, 0) is 0 Å². The maximum absolute atomic E-state index is 2.44. The van der Waals surface area contributed by atoms with Crippen molar-refractivity contribution < 1.29 is 0 Å². The molecule has 4 atom stereocenters. The van der Waals surface area contributed by atoms with Crippen molar-refractivity contribution in [1.82, 2.24) is 0 Å². The molecule has 3 aromatic carbocycles. The fraction of sp³-hybridized carbons (Fsp3) is 0.357. The molecule has 148 valence electrons. The summed E-state index contributed by atoms with van der Waals surface area (Å²) in [5.41, 5.74) is 4.80. The highest BCUT2D eigenvalue weighted by molar-refractivity contribution is 7.67. The topological polar surface area (TPSA) is 0 Å². The summed E-state index contributed by atoms with van der Waals surface area (Å²) in [5, 5.41) is 1.64.